The molecule has 0 aromatic heterocycles. The summed E-state index contributed by atoms with van der Waals surface area (Å²) in [6.07, 6.45) is 1.35. The highest BCUT2D eigenvalue weighted by atomic mass is 35.5. The number of ether oxygens (including phenoxy) is 1. The van der Waals surface area contributed by atoms with E-state index < -0.39 is 18.0 Å². The Morgan fingerprint density at radius 1 is 1.38 bits per heavy atom. The summed E-state index contributed by atoms with van der Waals surface area (Å²) in [6, 6.07) is 6.58. The highest BCUT2D eigenvalue weighted by molar-refractivity contribution is 6.32. The molecule has 1 aromatic rings. The highest BCUT2D eigenvalue weighted by Crippen LogP contribution is 2.27. The van der Waals surface area contributed by atoms with E-state index in [1.807, 2.05) is 0 Å². The molecule has 0 saturated heterocycles. The summed E-state index contributed by atoms with van der Waals surface area (Å²) in [5, 5.41) is 12.3. The first-order valence-corrected chi connectivity index (χ1v) is 7.31. The van der Waals surface area contributed by atoms with E-state index in [4.69, 9.17) is 21.4 Å². The molecule has 1 aliphatic carbocycles. The molecule has 0 heterocycles. The van der Waals surface area contributed by atoms with Crippen LogP contribution in [0.5, 0.6) is 5.75 Å². The van der Waals surface area contributed by atoms with Crippen LogP contribution in [-0.2, 0) is 9.59 Å². The van der Waals surface area contributed by atoms with Gasteiger partial charge in [0.25, 0.3) is 5.91 Å². The summed E-state index contributed by atoms with van der Waals surface area (Å²) >= 11 is 5.97. The number of rotatable bonds is 5. The van der Waals surface area contributed by atoms with Gasteiger partial charge >= 0.3 is 5.97 Å². The number of aliphatic carboxylic acids is 1. The average molecular weight is 312 g/mol. The Bertz CT molecular complexity index is 534. The van der Waals surface area contributed by atoms with Crippen molar-refractivity contribution in [2.45, 2.75) is 38.3 Å². The number of hydrogen-bond donors (Lipinski definition) is 2. The van der Waals surface area contributed by atoms with Crippen LogP contribution in [0.15, 0.2) is 24.3 Å². The number of nitrogens with one attached hydrogen (secondary N) is 1. The first-order chi connectivity index (χ1) is 9.99. The molecule has 21 heavy (non-hydrogen) atoms. The molecule has 6 heteroatoms. The molecule has 0 aliphatic heterocycles. The monoisotopic (exact) mass is 311 g/mol. The van der Waals surface area contributed by atoms with E-state index in [1.54, 1.807) is 31.2 Å². The minimum atomic E-state index is -0.863. The van der Waals surface area contributed by atoms with Gasteiger partial charge in [0.2, 0.25) is 0 Å². The molecule has 0 radical (unpaired) electrons. The highest BCUT2D eigenvalue weighted by Gasteiger charge is 2.34. The second kappa shape index (κ2) is 6.80. The number of carbonyl (C=O) groups excluding carboxylic acids is 1. The number of carbonyl (C=O) groups is 2. The molecular formula is C15H18ClNO4. The SMILES string of the molecule is CC(Oc1ccccc1Cl)C(=O)NC1CCCC1C(=O)O. The molecule has 2 N–H and O–H groups in total. The maximum Gasteiger partial charge on any atom is 0.308 e. The average Bonchev–Trinajstić information content (AvgIpc) is 2.89. The van der Waals surface area contributed by atoms with Gasteiger partial charge in [-0.05, 0) is 31.9 Å². The third-order valence-corrected chi connectivity index (χ3v) is 3.98. The molecule has 1 fully saturated rings. The van der Waals surface area contributed by atoms with Gasteiger partial charge < -0.3 is 15.2 Å². The van der Waals surface area contributed by atoms with Crippen LogP contribution >= 0.6 is 11.6 Å². The fourth-order valence-electron chi connectivity index (χ4n) is 2.51. The molecule has 3 atom stereocenters. The molecule has 3 unspecified atom stereocenters. The molecule has 2 rings (SSSR count). The maximum atomic E-state index is 12.1. The fraction of sp³-hybridized carbons (Fsp3) is 0.467. The van der Waals surface area contributed by atoms with E-state index in [0.717, 1.165) is 6.42 Å². The van der Waals surface area contributed by atoms with Crippen LogP contribution in [0.4, 0.5) is 0 Å². The number of benzene rings is 1. The molecule has 1 aliphatic rings. The number of hydrogen-bond acceptors (Lipinski definition) is 3. The lowest BCUT2D eigenvalue weighted by Crippen LogP contribution is -2.45. The van der Waals surface area contributed by atoms with Gasteiger partial charge in [0, 0.05) is 6.04 Å². The number of para-hydroxylation sites is 1. The second-order valence-electron chi connectivity index (χ2n) is 5.18. The van der Waals surface area contributed by atoms with Gasteiger partial charge in [-0.3, -0.25) is 9.59 Å². The number of amides is 1. The van der Waals surface area contributed by atoms with E-state index >= 15 is 0 Å². The van der Waals surface area contributed by atoms with Crippen molar-refractivity contribution in [3.8, 4) is 5.75 Å². The van der Waals surface area contributed by atoms with E-state index in [1.165, 1.54) is 0 Å². The third kappa shape index (κ3) is 3.88. The summed E-state index contributed by atoms with van der Waals surface area (Å²) < 4.78 is 5.52. The van der Waals surface area contributed by atoms with Crippen LogP contribution in [-0.4, -0.2) is 29.1 Å². The van der Waals surface area contributed by atoms with Crippen molar-refractivity contribution in [1.29, 1.82) is 0 Å². The summed E-state index contributed by atoms with van der Waals surface area (Å²) in [5.74, 6) is -1.27. The zero-order valence-electron chi connectivity index (χ0n) is 11.7. The van der Waals surface area contributed by atoms with Crippen LogP contribution < -0.4 is 10.1 Å². The molecule has 0 bridgehead atoms. The van der Waals surface area contributed by atoms with Crippen molar-refractivity contribution in [2.75, 3.05) is 0 Å². The zero-order chi connectivity index (χ0) is 15.4. The summed E-state index contributed by atoms with van der Waals surface area (Å²) in [7, 11) is 0. The topological polar surface area (TPSA) is 75.6 Å². The van der Waals surface area contributed by atoms with Crippen molar-refractivity contribution >= 4 is 23.5 Å². The van der Waals surface area contributed by atoms with E-state index in [-0.39, 0.29) is 11.9 Å². The molecule has 1 aromatic carbocycles. The van der Waals surface area contributed by atoms with Gasteiger partial charge in [0.05, 0.1) is 10.9 Å². The molecule has 5 nitrogen and oxygen atoms in total. The van der Waals surface area contributed by atoms with Gasteiger partial charge in [-0.1, -0.05) is 30.2 Å². The van der Waals surface area contributed by atoms with Gasteiger partial charge in [0.1, 0.15) is 5.75 Å². The van der Waals surface area contributed by atoms with Gasteiger partial charge in [-0.2, -0.15) is 0 Å². The predicted octanol–water partition coefficient (Wildman–Crippen LogP) is 2.48. The third-order valence-electron chi connectivity index (χ3n) is 3.67. The Balaban J connectivity index is 1.94. The first kappa shape index (κ1) is 15.6. The number of carboxylic acids is 1. The lowest BCUT2D eigenvalue weighted by Gasteiger charge is -2.21. The minimum absolute atomic E-state index is 0.326. The Morgan fingerprint density at radius 3 is 2.76 bits per heavy atom. The quantitative estimate of drug-likeness (QED) is 0.876. The Hall–Kier alpha value is -1.75. The van der Waals surface area contributed by atoms with Gasteiger partial charge in [-0.25, -0.2) is 0 Å². The Morgan fingerprint density at radius 2 is 2.10 bits per heavy atom. The van der Waals surface area contributed by atoms with Crippen molar-refractivity contribution < 1.29 is 19.4 Å². The second-order valence-corrected chi connectivity index (χ2v) is 5.59. The largest absolute Gasteiger partial charge is 0.481 e. The molecule has 1 saturated carbocycles. The van der Waals surface area contributed by atoms with Crippen LogP contribution in [0.3, 0.4) is 0 Å². The van der Waals surface area contributed by atoms with Crippen LogP contribution in [0.25, 0.3) is 0 Å². The predicted molar refractivity (Wildman–Crippen MR) is 78.4 cm³/mol. The smallest absolute Gasteiger partial charge is 0.308 e. The summed E-state index contributed by atoms with van der Waals surface area (Å²) in [6.45, 7) is 1.61. The first-order valence-electron chi connectivity index (χ1n) is 6.93. The Labute approximate surface area is 128 Å². The van der Waals surface area contributed by atoms with Crippen molar-refractivity contribution in [3.05, 3.63) is 29.3 Å². The summed E-state index contributed by atoms with van der Waals surface area (Å²) in [5.41, 5.74) is 0. The molecule has 1 amide bonds. The van der Waals surface area contributed by atoms with Gasteiger partial charge in [-0.15, -0.1) is 0 Å². The van der Waals surface area contributed by atoms with Crippen LogP contribution in [0, 0.1) is 5.92 Å². The van der Waals surface area contributed by atoms with Crippen LogP contribution in [0.2, 0.25) is 5.02 Å². The van der Waals surface area contributed by atoms with Gasteiger partial charge in [0.15, 0.2) is 6.10 Å². The summed E-state index contributed by atoms with van der Waals surface area (Å²) in [4.78, 5) is 23.2. The standard InChI is InChI=1S/C15H18ClNO4/c1-9(21-13-8-3-2-6-11(13)16)14(18)17-12-7-4-5-10(12)15(19)20/h2-3,6,8-10,12H,4-5,7H2,1H3,(H,17,18)(H,19,20). The van der Waals surface area contributed by atoms with E-state index in [0.29, 0.717) is 23.6 Å². The van der Waals surface area contributed by atoms with E-state index in [2.05, 4.69) is 5.32 Å². The molecular weight excluding hydrogens is 294 g/mol. The van der Waals surface area contributed by atoms with E-state index in [9.17, 15) is 9.59 Å². The lowest BCUT2D eigenvalue weighted by atomic mass is 10.0. The lowest BCUT2D eigenvalue weighted by molar-refractivity contribution is -0.142. The Kier molecular flexibility index (Phi) is 5.07. The normalized spacial score (nSPS) is 22.6. The molecule has 114 valence electrons. The minimum Gasteiger partial charge on any atom is -0.481 e. The zero-order valence-corrected chi connectivity index (χ0v) is 12.5. The maximum absolute atomic E-state index is 12.1. The van der Waals surface area contributed by atoms with Crippen molar-refractivity contribution in [3.63, 3.8) is 0 Å². The fourth-order valence-corrected chi connectivity index (χ4v) is 2.69. The van der Waals surface area contributed by atoms with Crippen molar-refractivity contribution in [2.24, 2.45) is 5.92 Å². The molecule has 0 spiro atoms. The van der Waals surface area contributed by atoms with Crippen LogP contribution in [0.1, 0.15) is 26.2 Å². The number of carboxylic acid groups (broad SMARTS) is 1. The van der Waals surface area contributed by atoms with Crippen molar-refractivity contribution in [1.82, 2.24) is 5.32 Å². The number of halogens is 1.